The molecule has 2 heterocycles. The number of imide groups is 1. The molecule has 8 nitrogen and oxygen atoms in total. The zero-order valence-electron chi connectivity index (χ0n) is 14.9. The van der Waals surface area contributed by atoms with Gasteiger partial charge in [0.1, 0.15) is 6.54 Å². The molecule has 4 rings (SSSR count). The number of rotatable bonds is 4. The van der Waals surface area contributed by atoms with E-state index in [1.165, 1.54) is 11.1 Å². The van der Waals surface area contributed by atoms with Gasteiger partial charge in [0.15, 0.2) is 12.1 Å². The lowest BCUT2D eigenvalue weighted by molar-refractivity contribution is -0.123. The standard InChI is InChI=1S/C19H16ClN5O3/c1-11-5-2-3-8-14(11)21-15(26)10-24-17-16(22-23-24)18(27)25(19(17)28)13-7-4-6-12(20)9-13/h2-9,16-17H,10H2,1H3,(H,21,26). The number of benzene rings is 2. The molecule has 2 aromatic carbocycles. The minimum atomic E-state index is -0.960. The number of aryl methyl sites for hydroxylation is 1. The van der Waals surface area contributed by atoms with Gasteiger partial charge in [0.25, 0.3) is 11.8 Å². The van der Waals surface area contributed by atoms with Crippen LogP contribution < -0.4 is 10.2 Å². The number of carbonyl (C=O) groups excluding carboxylic acids is 3. The molecule has 0 spiro atoms. The number of nitrogens with one attached hydrogen (secondary N) is 1. The maximum absolute atomic E-state index is 12.9. The maximum atomic E-state index is 12.9. The van der Waals surface area contributed by atoms with E-state index in [2.05, 4.69) is 15.7 Å². The SMILES string of the molecule is Cc1ccccc1NC(=O)CN1N=NC2C(=O)N(c3cccc(Cl)c3)C(=O)C21. The van der Waals surface area contributed by atoms with Crippen LogP contribution in [0.4, 0.5) is 11.4 Å². The fraction of sp³-hybridized carbons (Fsp3) is 0.211. The summed E-state index contributed by atoms with van der Waals surface area (Å²) in [5.74, 6) is -1.32. The average molecular weight is 398 g/mol. The van der Waals surface area contributed by atoms with Crippen LogP contribution in [0.1, 0.15) is 5.56 Å². The van der Waals surface area contributed by atoms with E-state index < -0.39 is 23.9 Å². The Morgan fingerprint density at radius 1 is 1.14 bits per heavy atom. The molecule has 142 valence electrons. The Balaban J connectivity index is 1.50. The summed E-state index contributed by atoms with van der Waals surface area (Å²) in [7, 11) is 0. The second kappa shape index (κ2) is 7.05. The molecule has 1 fully saturated rings. The normalized spacial score (nSPS) is 20.6. The van der Waals surface area contributed by atoms with Crippen molar-refractivity contribution in [3.63, 3.8) is 0 Å². The van der Waals surface area contributed by atoms with Gasteiger partial charge >= 0.3 is 0 Å². The molecule has 0 aliphatic carbocycles. The zero-order valence-corrected chi connectivity index (χ0v) is 15.6. The Labute approximate surface area is 165 Å². The molecule has 2 atom stereocenters. The van der Waals surface area contributed by atoms with Gasteiger partial charge in [0, 0.05) is 10.7 Å². The van der Waals surface area contributed by atoms with Gasteiger partial charge in [-0.3, -0.25) is 19.4 Å². The highest BCUT2D eigenvalue weighted by Gasteiger charge is 2.55. The van der Waals surface area contributed by atoms with E-state index in [0.29, 0.717) is 16.4 Å². The molecule has 0 radical (unpaired) electrons. The number of carbonyl (C=O) groups is 3. The number of amides is 3. The molecular weight excluding hydrogens is 382 g/mol. The largest absolute Gasteiger partial charge is 0.324 e. The third-order valence-electron chi connectivity index (χ3n) is 4.65. The van der Waals surface area contributed by atoms with E-state index in [1.54, 1.807) is 24.3 Å². The van der Waals surface area contributed by atoms with E-state index in [9.17, 15) is 14.4 Å². The van der Waals surface area contributed by atoms with E-state index in [4.69, 9.17) is 11.6 Å². The topological polar surface area (TPSA) is 94.4 Å². The number of fused-ring (bicyclic) bond motifs is 1. The molecule has 2 aliphatic heterocycles. The number of hydrogen-bond acceptors (Lipinski definition) is 6. The summed E-state index contributed by atoms with van der Waals surface area (Å²) in [4.78, 5) is 39.0. The summed E-state index contributed by atoms with van der Waals surface area (Å²) in [6.07, 6.45) is 0. The van der Waals surface area contributed by atoms with Crippen LogP contribution in [0.25, 0.3) is 0 Å². The number of hydrogen-bond donors (Lipinski definition) is 1. The van der Waals surface area contributed by atoms with Gasteiger partial charge in [-0.2, -0.15) is 5.11 Å². The first kappa shape index (κ1) is 18.1. The van der Waals surface area contributed by atoms with Crippen molar-refractivity contribution in [2.24, 2.45) is 10.3 Å². The Bertz CT molecular complexity index is 1010. The van der Waals surface area contributed by atoms with Crippen molar-refractivity contribution in [1.29, 1.82) is 0 Å². The van der Waals surface area contributed by atoms with Crippen LogP contribution >= 0.6 is 11.6 Å². The molecule has 0 aromatic heterocycles. The number of para-hydroxylation sites is 1. The predicted molar refractivity (Wildman–Crippen MR) is 103 cm³/mol. The number of halogens is 1. The number of anilines is 2. The van der Waals surface area contributed by atoms with Crippen molar-refractivity contribution in [1.82, 2.24) is 5.01 Å². The summed E-state index contributed by atoms with van der Waals surface area (Å²) < 4.78 is 0. The molecule has 2 aliphatic rings. The summed E-state index contributed by atoms with van der Waals surface area (Å²) in [5.41, 5.74) is 1.96. The third kappa shape index (κ3) is 3.11. The van der Waals surface area contributed by atoms with Crippen LogP contribution in [-0.2, 0) is 14.4 Å². The van der Waals surface area contributed by atoms with Crippen LogP contribution in [0.3, 0.4) is 0 Å². The molecule has 3 amide bonds. The van der Waals surface area contributed by atoms with Crippen molar-refractivity contribution >= 4 is 40.7 Å². The molecule has 0 bridgehead atoms. The van der Waals surface area contributed by atoms with Crippen LogP contribution in [0.2, 0.25) is 5.02 Å². The molecule has 9 heteroatoms. The highest BCUT2D eigenvalue weighted by Crippen LogP contribution is 2.32. The Hall–Kier alpha value is -3.26. The molecule has 28 heavy (non-hydrogen) atoms. The van der Waals surface area contributed by atoms with Gasteiger partial charge < -0.3 is 5.32 Å². The first-order chi connectivity index (χ1) is 13.5. The second-order valence-corrected chi connectivity index (χ2v) is 6.98. The van der Waals surface area contributed by atoms with E-state index in [0.717, 1.165) is 10.5 Å². The van der Waals surface area contributed by atoms with Crippen molar-refractivity contribution in [3.8, 4) is 0 Å². The van der Waals surface area contributed by atoms with E-state index in [-0.39, 0.29) is 12.5 Å². The van der Waals surface area contributed by atoms with Crippen LogP contribution in [0, 0.1) is 6.92 Å². The quantitative estimate of drug-likeness (QED) is 0.802. The first-order valence-corrected chi connectivity index (χ1v) is 9.00. The Kier molecular flexibility index (Phi) is 4.56. The minimum absolute atomic E-state index is 0.193. The third-order valence-corrected chi connectivity index (χ3v) is 4.88. The highest BCUT2D eigenvalue weighted by atomic mass is 35.5. The summed E-state index contributed by atoms with van der Waals surface area (Å²) in [6.45, 7) is 1.69. The van der Waals surface area contributed by atoms with Crippen molar-refractivity contribution in [2.75, 3.05) is 16.8 Å². The van der Waals surface area contributed by atoms with E-state index in [1.807, 2.05) is 25.1 Å². The lowest BCUT2D eigenvalue weighted by atomic mass is 10.1. The fourth-order valence-electron chi connectivity index (χ4n) is 3.27. The Morgan fingerprint density at radius 3 is 2.68 bits per heavy atom. The van der Waals surface area contributed by atoms with Crippen LogP contribution in [0.15, 0.2) is 58.9 Å². The summed E-state index contributed by atoms with van der Waals surface area (Å²) in [5, 5.41) is 12.2. The predicted octanol–water partition coefficient (Wildman–Crippen LogP) is 2.58. The monoisotopic (exact) mass is 397 g/mol. The second-order valence-electron chi connectivity index (χ2n) is 6.55. The summed E-state index contributed by atoms with van der Waals surface area (Å²) in [6, 6.07) is 11.9. The highest BCUT2D eigenvalue weighted by molar-refractivity contribution is 6.31. The molecule has 0 saturated carbocycles. The van der Waals surface area contributed by atoms with Gasteiger partial charge in [-0.1, -0.05) is 41.1 Å². The van der Waals surface area contributed by atoms with Gasteiger partial charge in [-0.15, -0.1) is 0 Å². The van der Waals surface area contributed by atoms with Gasteiger partial charge in [0.2, 0.25) is 5.91 Å². The summed E-state index contributed by atoms with van der Waals surface area (Å²) >= 11 is 5.97. The fourth-order valence-corrected chi connectivity index (χ4v) is 3.46. The first-order valence-electron chi connectivity index (χ1n) is 8.62. The smallest absolute Gasteiger partial charge is 0.263 e. The lowest BCUT2D eigenvalue weighted by Crippen LogP contribution is -2.43. The van der Waals surface area contributed by atoms with Crippen LogP contribution in [-0.4, -0.2) is 41.4 Å². The molecule has 2 aromatic rings. The van der Waals surface area contributed by atoms with E-state index >= 15 is 0 Å². The van der Waals surface area contributed by atoms with Crippen molar-refractivity contribution in [3.05, 3.63) is 59.1 Å². The Morgan fingerprint density at radius 2 is 1.93 bits per heavy atom. The zero-order chi connectivity index (χ0) is 19.8. The molecule has 2 unspecified atom stereocenters. The molecule has 1 N–H and O–H groups in total. The number of nitrogens with zero attached hydrogens (tertiary/aromatic N) is 4. The maximum Gasteiger partial charge on any atom is 0.263 e. The molecular formula is C19H16ClN5O3. The van der Waals surface area contributed by atoms with Crippen molar-refractivity contribution in [2.45, 2.75) is 19.0 Å². The molecule has 1 saturated heterocycles. The average Bonchev–Trinajstić information content (AvgIpc) is 3.17. The van der Waals surface area contributed by atoms with Gasteiger partial charge in [-0.05, 0) is 36.8 Å². The van der Waals surface area contributed by atoms with Gasteiger partial charge in [-0.25, -0.2) is 4.90 Å². The van der Waals surface area contributed by atoms with Crippen molar-refractivity contribution < 1.29 is 14.4 Å². The van der Waals surface area contributed by atoms with Gasteiger partial charge in [0.05, 0.1) is 5.69 Å². The lowest BCUT2D eigenvalue weighted by Gasteiger charge is -2.20. The van der Waals surface area contributed by atoms with Crippen LogP contribution in [0.5, 0.6) is 0 Å². The minimum Gasteiger partial charge on any atom is -0.324 e.